The molecule has 1 aliphatic carbocycles. The lowest BCUT2D eigenvalue weighted by atomic mass is 10.3. The summed E-state index contributed by atoms with van der Waals surface area (Å²) in [5, 5.41) is 0. The summed E-state index contributed by atoms with van der Waals surface area (Å²) in [6, 6.07) is -2.10. The molecule has 0 unspecified atom stereocenters. The molecule has 0 amide bonds. The van der Waals surface area contributed by atoms with E-state index in [1.807, 2.05) is 0 Å². The molecule has 0 spiro atoms. The number of rotatable bonds is 0. The van der Waals surface area contributed by atoms with Crippen LogP contribution in [0.3, 0.4) is 0 Å². The van der Waals surface area contributed by atoms with Gasteiger partial charge in [-0.05, 0) is 12.7 Å². The SMILES string of the molecule is [2H]C1([2H])CCC([2H])([2H])C1([2H])N. The van der Waals surface area contributed by atoms with Gasteiger partial charge in [0.1, 0.15) is 0 Å². The first kappa shape index (κ1) is 1.22. The Morgan fingerprint density at radius 3 is 2.33 bits per heavy atom. The van der Waals surface area contributed by atoms with Gasteiger partial charge >= 0.3 is 0 Å². The molecular formula is C5H11N. The van der Waals surface area contributed by atoms with Crippen molar-refractivity contribution in [1.82, 2.24) is 0 Å². The maximum atomic E-state index is 7.32. The second kappa shape index (κ2) is 1.61. The zero-order valence-electron chi connectivity index (χ0n) is 8.49. The maximum absolute atomic E-state index is 7.32. The lowest BCUT2D eigenvalue weighted by Gasteiger charge is -1.92. The Labute approximate surface area is 45.6 Å². The van der Waals surface area contributed by atoms with E-state index in [0.29, 0.717) is 0 Å². The van der Waals surface area contributed by atoms with E-state index in [1.54, 1.807) is 0 Å². The zero-order valence-corrected chi connectivity index (χ0v) is 3.49. The van der Waals surface area contributed by atoms with E-state index in [4.69, 9.17) is 12.6 Å². The minimum atomic E-state index is -2.10. The highest BCUT2D eigenvalue weighted by molar-refractivity contribution is 4.67. The Bertz CT molecular complexity index is 158. The molecular weight excluding hydrogens is 74.1 g/mol. The van der Waals surface area contributed by atoms with Crippen LogP contribution in [0.1, 0.15) is 32.4 Å². The van der Waals surface area contributed by atoms with Gasteiger partial charge in [0.2, 0.25) is 0 Å². The van der Waals surface area contributed by atoms with Crippen LogP contribution in [-0.4, -0.2) is 6.02 Å². The fraction of sp³-hybridized carbons (Fsp3) is 1.00. The third-order valence-corrected chi connectivity index (χ3v) is 0.756. The third kappa shape index (κ3) is 0.716. The van der Waals surface area contributed by atoms with Crippen LogP contribution < -0.4 is 5.73 Å². The largest absolute Gasteiger partial charge is 0.328 e. The first-order valence-corrected chi connectivity index (χ1v) is 2.00. The van der Waals surface area contributed by atoms with E-state index in [1.165, 1.54) is 0 Å². The highest BCUT2D eigenvalue weighted by atomic mass is 14.6. The van der Waals surface area contributed by atoms with Crippen LogP contribution in [0.5, 0.6) is 0 Å². The Kier molecular flexibility index (Phi) is 0.327. The van der Waals surface area contributed by atoms with Crippen LogP contribution in [0.25, 0.3) is 0 Å². The van der Waals surface area contributed by atoms with Crippen molar-refractivity contribution in [3.63, 3.8) is 0 Å². The van der Waals surface area contributed by atoms with Crippen LogP contribution in [0.2, 0.25) is 0 Å². The molecule has 0 aromatic heterocycles. The Morgan fingerprint density at radius 1 is 1.67 bits per heavy atom. The molecule has 1 rings (SSSR count). The lowest BCUT2D eigenvalue weighted by Crippen LogP contribution is -2.13. The summed E-state index contributed by atoms with van der Waals surface area (Å²) in [7, 11) is 0. The predicted octanol–water partition coefficient (Wildman–Crippen LogP) is 0.888. The quantitative estimate of drug-likeness (QED) is 0.469. The molecule has 36 valence electrons. The van der Waals surface area contributed by atoms with Crippen LogP contribution >= 0.6 is 0 Å². The van der Waals surface area contributed by atoms with Crippen molar-refractivity contribution in [3.05, 3.63) is 0 Å². The number of hydrogen-bond donors (Lipinski definition) is 1. The molecule has 0 aliphatic heterocycles. The number of hydrogen-bond acceptors (Lipinski definition) is 1. The summed E-state index contributed by atoms with van der Waals surface area (Å²) in [5.41, 5.74) is 5.25. The van der Waals surface area contributed by atoms with Gasteiger partial charge in [0.05, 0.1) is 0 Å². The zero-order chi connectivity index (χ0) is 8.91. The van der Waals surface area contributed by atoms with Gasteiger partial charge < -0.3 is 5.73 Å². The minimum absolute atomic E-state index is 0.0278. The third-order valence-electron chi connectivity index (χ3n) is 0.756. The van der Waals surface area contributed by atoms with Gasteiger partial charge in [-0.1, -0.05) is 12.8 Å². The molecule has 0 bridgehead atoms. The van der Waals surface area contributed by atoms with Gasteiger partial charge in [0.25, 0.3) is 0 Å². The van der Waals surface area contributed by atoms with E-state index >= 15 is 0 Å². The van der Waals surface area contributed by atoms with Gasteiger partial charge in [-0.3, -0.25) is 0 Å². The molecule has 1 heteroatoms. The lowest BCUT2D eigenvalue weighted by molar-refractivity contribution is 0.704. The smallest absolute Gasteiger partial charge is 0.0462 e. The van der Waals surface area contributed by atoms with Crippen molar-refractivity contribution >= 4 is 0 Å². The van der Waals surface area contributed by atoms with Crippen LogP contribution in [-0.2, 0) is 0 Å². The van der Waals surface area contributed by atoms with Crippen molar-refractivity contribution in [3.8, 4) is 0 Å². The van der Waals surface area contributed by atoms with E-state index in [9.17, 15) is 0 Å². The topological polar surface area (TPSA) is 26.0 Å². The summed E-state index contributed by atoms with van der Waals surface area (Å²) in [6.45, 7) is 0. The molecule has 0 aromatic rings. The van der Waals surface area contributed by atoms with Crippen molar-refractivity contribution in [2.75, 3.05) is 0 Å². The van der Waals surface area contributed by atoms with Crippen LogP contribution in [0, 0.1) is 0 Å². The normalized spacial score (nSPS) is 59.8. The standard InChI is InChI=1S/C5H11N/c6-5-3-1-2-4-5/h5H,1-4,6H2/i3D2,4D2,5D. The molecule has 2 N–H and O–H groups in total. The average Bonchev–Trinajstić information content (AvgIpc) is 1.93. The summed E-state index contributed by atoms with van der Waals surface area (Å²) in [4.78, 5) is 0. The van der Waals surface area contributed by atoms with Crippen molar-refractivity contribution in [1.29, 1.82) is 0 Å². The van der Waals surface area contributed by atoms with E-state index in [2.05, 4.69) is 0 Å². The van der Waals surface area contributed by atoms with E-state index in [-0.39, 0.29) is 12.8 Å². The highest BCUT2D eigenvalue weighted by Crippen LogP contribution is 2.14. The first-order chi connectivity index (χ1) is 4.71. The van der Waals surface area contributed by atoms with Gasteiger partial charge in [0.15, 0.2) is 0 Å². The fourth-order valence-electron chi connectivity index (χ4n) is 0.457. The second-order valence-corrected chi connectivity index (χ2v) is 1.27. The molecule has 0 atom stereocenters. The molecule has 6 heavy (non-hydrogen) atoms. The van der Waals surface area contributed by atoms with Gasteiger partial charge in [-0.25, -0.2) is 0 Å². The van der Waals surface area contributed by atoms with Gasteiger partial charge in [-0.2, -0.15) is 0 Å². The maximum Gasteiger partial charge on any atom is 0.0462 e. The molecule has 0 radical (unpaired) electrons. The number of nitrogens with two attached hydrogens (primary N) is 1. The molecule has 0 aromatic carbocycles. The molecule has 0 saturated heterocycles. The van der Waals surface area contributed by atoms with Crippen molar-refractivity contribution < 1.29 is 6.85 Å². The molecule has 0 heterocycles. The molecule has 1 aliphatic rings. The second-order valence-electron chi connectivity index (χ2n) is 1.27. The summed E-state index contributed by atoms with van der Waals surface area (Å²) < 4.78 is 36.4. The van der Waals surface area contributed by atoms with E-state index < -0.39 is 18.8 Å². The minimum Gasteiger partial charge on any atom is -0.328 e. The molecule has 1 saturated carbocycles. The van der Waals surface area contributed by atoms with Crippen LogP contribution in [0.15, 0.2) is 0 Å². The van der Waals surface area contributed by atoms with Gasteiger partial charge in [-0.15, -0.1) is 0 Å². The highest BCUT2D eigenvalue weighted by Gasteiger charge is 2.07. The van der Waals surface area contributed by atoms with Crippen molar-refractivity contribution in [2.45, 2.75) is 31.6 Å². The Balaban J connectivity index is 3.00. The Hall–Kier alpha value is -0.0400. The summed E-state index contributed by atoms with van der Waals surface area (Å²) in [6.07, 6.45) is -3.76. The predicted molar refractivity (Wildman–Crippen MR) is 26.4 cm³/mol. The van der Waals surface area contributed by atoms with Crippen molar-refractivity contribution in [2.24, 2.45) is 5.73 Å². The average molecular weight is 90.2 g/mol. The van der Waals surface area contributed by atoms with E-state index in [0.717, 1.165) is 0 Å². The fourth-order valence-corrected chi connectivity index (χ4v) is 0.457. The van der Waals surface area contributed by atoms with Crippen LogP contribution in [0.4, 0.5) is 0 Å². The molecule has 1 nitrogen and oxygen atoms in total. The first-order valence-electron chi connectivity index (χ1n) is 4.50. The monoisotopic (exact) mass is 90.1 g/mol. The Morgan fingerprint density at radius 2 is 2.17 bits per heavy atom. The summed E-state index contributed by atoms with van der Waals surface area (Å²) in [5.74, 6) is 0. The van der Waals surface area contributed by atoms with Gasteiger partial charge in [0, 0.05) is 12.9 Å². The molecule has 1 fully saturated rings. The summed E-state index contributed by atoms with van der Waals surface area (Å²) >= 11 is 0.